The van der Waals surface area contributed by atoms with Crippen LogP contribution in [0.2, 0.25) is 0 Å². The van der Waals surface area contributed by atoms with Crippen molar-refractivity contribution < 1.29 is 14.1 Å². The SMILES string of the molecule is CSCCn1c(=NC(=O)C=Cc2ccc([N+](=O)[O-])cc2)sc2cc(F)ccc21. The van der Waals surface area contributed by atoms with Crippen LogP contribution in [0.3, 0.4) is 0 Å². The molecular formula is C19H16FN3O3S2. The van der Waals surface area contributed by atoms with Crippen LogP contribution in [0.25, 0.3) is 16.3 Å². The minimum Gasteiger partial charge on any atom is -0.316 e. The van der Waals surface area contributed by atoms with E-state index in [9.17, 15) is 19.3 Å². The minimum atomic E-state index is -0.481. The number of halogens is 1. The van der Waals surface area contributed by atoms with Crippen molar-refractivity contribution >= 4 is 51.0 Å². The first kappa shape index (κ1) is 20.0. The largest absolute Gasteiger partial charge is 0.316 e. The van der Waals surface area contributed by atoms with Gasteiger partial charge in [-0.3, -0.25) is 14.9 Å². The number of thioether (sulfide) groups is 1. The number of amides is 1. The zero-order valence-corrected chi connectivity index (χ0v) is 16.5. The third-order valence-corrected chi connectivity index (χ3v) is 5.52. The third kappa shape index (κ3) is 4.73. The highest BCUT2D eigenvalue weighted by Gasteiger charge is 2.08. The molecule has 0 aliphatic heterocycles. The van der Waals surface area contributed by atoms with E-state index in [0.29, 0.717) is 16.9 Å². The highest BCUT2D eigenvalue weighted by atomic mass is 32.2. The summed E-state index contributed by atoms with van der Waals surface area (Å²) in [6.07, 6.45) is 4.85. The Hall–Kier alpha value is -2.78. The average molecular weight is 417 g/mol. The molecule has 28 heavy (non-hydrogen) atoms. The lowest BCUT2D eigenvalue weighted by atomic mass is 10.2. The maximum atomic E-state index is 13.5. The number of thiazole rings is 1. The van der Waals surface area contributed by atoms with Crippen LogP contribution < -0.4 is 4.80 Å². The van der Waals surface area contributed by atoms with Gasteiger partial charge in [0.1, 0.15) is 5.82 Å². The Bertz CT molecular complexity index is 1120. The van der Waals surface area contributed by atoms with Crippen LogP contribution in [0, 0.1) is 15.9 Å². The molecule has 3 rings (SSSR count). The molecule has 0 N–H and O–H groups in total. The van der Waals surface area contributed by atoms with Gasteiger partial charge >= 0.3 is 0 Å². The maximum absolute atomic E-state index is 13.5. The molecule has 0 atom stereocenters. The number of aromatic nitrogens is 1. The predicted molar refractivity (Wildman–Crippen MR) is 111 cm³/mol. The van der Waals surface area contributed by atoms with E-state index in [-0.39, 0.29) is 11.5 Å². The van der Waals surface area contributed by atoms with Crippen LogP contribution in [-0.4, -0.2) is 27.4 Å². The van der Waals surface area contributed by atoms with Gasteiger partial charge in [-0.05, 0) is 48.2 Å². The summed E-state index contributed by atoms with van der Waals surface area (Å²) in [6.45, 7) is 0.658. The third-order valence-electron chi connectivity index (χ3n) is 3.89. The van der Waals surface area contributed by atoms with E-state index in [1.807, 2.05) is 10.8 Å². The number of nitro benzene ring substituents is 1. The van der Waals surface area contributed by atoms with Crippen LogP contribution >= 0.6 is 23.1 Å². The maximum Gasteiger partial charge on any atom is 0.272 e. The number of nitrogens with zero attached hydrogens (tertiary/aromatic N) is 3. The molecule has 1 heterocycles. The Morgan fingerprint density at radius 1 is 1.32 bits per heavy atom. The fourth-order valence-electron chi connectivity index (χ4n) is 2.54. The summed E-state index contributed by atoms with van der Waals surface area (Å²) in [6, 6.07) is 10.4. The van der Waals surface area contributed by atoms with E-state index in [0.717, 1.165) is 16.0 Å². The fourth-order valence-corrected chi connectivity index (χ4v) is 3.99. The topological polar surface area (TPSA) is 77.5 Å². The first-order valence-electron chi connectivity index (χ1n) is 8.27. The second-order valence-electron chi connectivity index (χ2n) is 5.77. The van der Waals surface area contributed by atoms with Crippen LogP contribution in [0.1, 0.15) is 5.56 Å². The molecular weight excluding hydrogens is 401 g/mol. The van der Waals surface area contributed by atoms with Gasteiger partial charge in [0, 0.05) is 30.5 Å². The second-order valence-corrected chi connectivity index (χ2v) is 7.77. The standard InChI is InChI=1S/C19H16FN3O3S2/c1-27-11-10-22-16-8-5-14(20)12-17(16)28-19(22)21-18(24)9-4-13-2-6-15(7-3-13)23(25)26/h2-9,12H,10-11H2,1H3. The van der Waals surface area contributed by atoms with E-state index in [4.69, 9.17) is 0 Å². The first-order valence-corrected chi connectivity index (χ1v) is 10.5. The lowest BCUT2D eigenvalue weighted by Gasteiger charge is -2.03. The number of hydrogen-bond donors (Lipinski definition) is 0. The van der Waals surface area contributed by atoms with Crippen molar-refractivity contribution in [2.75, 3.05) is 12.0 Å². The molecule has 0 unspecified atom stereocenters. The summed E-state index contributed by atoms with van der Waals surface area (Å²) in [5.41, 5.74) is 1.48. The van der Waals surface area contributed by atoms with Crippen LogP contribution in [0.5, 0.6) is 0 Å². The molecule has 9 heteroatoms. The molecule has 3 aromatic rings. The van der Waals surface area contributed by atoms with Crippen molar-refractivity contribution in [1.82, 2.24) is 4.57 Å². The Morgan fingerprint density at radius 3 is 2.75 bits per heavy atom. The van der Waals surface area contributed by atoms with Crippen LogP contribution in [-0.2, 0) is 11.3 Å². The van der Waals surface area contributed by atoms with Crippen LogP contribution in [0.4, 0.5) is 10.1 Å². The number of aryl methyl sites for hydroxylation is 1. The molecule has 0 saturated heterocycles. The number of benzene rings is 2. The Balaban J connectivity index is 1.89. The normalized spacial score (nSPS) is 12.1. The van der Waals surface area contributed by atoms with Crippen molar-refractivity contribution in [2.24, 2.45) is 4.99 Å². The molecule has 0 saturated carbocycles. The van der Waals surface area contributed by atoms with Crippen molar-refractivity contribution in [3.05, 3.63) is 74.8 Å². The van der Waals surface area contributed by atoms with Gasteiger partial charge in [0.2, 0.25) is 0 Å². The molecule has 0 bridgehead atoms. The Labute approximate surface area is 168 Å². The second kappa shape index (κ2) is 8.94. The number of carbonyl (C=O) groups is 1. The molecule has 6 nitrogen and oxygen atoms in total. The van der Waals surface area contributed by atoms with Gasteiger partial charge in [-0.15, -0.1) is 0 Å². The summed E-state index contributed by atoms with van der Waals surface area (Å²) < 4.78 is 16.2. The quantitative estimate of drug-likeness (QED) is 0.341. The van der Waals surface area contributed by atoms with Crippen molar-refractivity contribution in [3.63, 3.8) is 0 Å². The van der Waals surface area contributed by atoms with Crippen LogP contribution in [0.15, 0.2) is 53.5 Å². The molecule has 144 valence electrons. The van der Waals surface area contributed by atoms with E-state index in [1.54, 1.807) is 36.0 Å². The van der Waals surface area contributed by atoms with Crippen molar-refractivity contribution in [2.45, 2.75) is 6.54 Å². The zero-order valence-electron chi connectivity index (χ0n) is 14.9. The van der Waals surface area contributed by atoms with E-state index < -0.39 is 10.8 Å². The first-order chi connectivity index (χ1) is 13.5. The molecule has 0 radical (unpaired) electrons. The van der Waals surface area contributed by atoms with Gasteiger partial charge < -0.3 is 4.57 Å². The minimum absolute atomic E-state index is 0.0134. The molecule has 1 amide bonds. The molecule has 0 aliphatic carbocycles. The summed E-state index contributed by atoms with van der Waals surface area (Å²) in [5.74, 6) is 0.0495. The molecule has 0 spiro atoms. The van der Waals surface area contributed by atoms with Gasteiger partial charge in [0.15, 0.2) is 4.80 Å². The number of non-ortho nitro benzene ring substituents is 1. The van der Waals surface area contributed by atoms with E-state index >= 15 is 0 Å². The number of nitro groups is 1. The van der Waals surface area contributed by atoms with Crippen molar-refractivity contribution in [3.8, 4) is 0 Å². The molecule has 0 fully saturated rings. The van der Waals surface area contributed by atoms with Crippen molar-refractivity contribution in [1.29, 1.82) is 0 Å². The van der Waals surface area contributed by atoms with E-state index in [1.165, 1.54) is 41.7 Å². The van der Waals surface area contributed by atoms with Gasteiger partial charge in [-0.2, -0.15) is 16.8 Å². The van der Waals surface area contributed by atoms with Gasteiger partial charge in [0.05, 0.1) is 15.1 Å². The Morgan fingerprint density at radius 2 is 2.07 bits per heavy atom. The molecule has 0 aliphatic rings. The number of carbonyl (C=O) groups excluding carboxylic acids is 1. The summed E-state index contributed by atoms with van der Waals surface area (Å²) in [4.78, 5) is 27.1. The lowest BCUT2D eigenvalue weighted by molar-refractivity contribution is -0.384. The lowest BCUT2D eigenvalue weighted by Crippen LogP contribution is -2.17. The Kier molecular flexibility index (Phi) is 6.37. The monoisotopic (exact) mass is 417 g/mol. The smallest absolute Gasteiger partial charge is 0.272 e. The van der Waals surface area contributed by atoms with Gasteiger partial charge in [-0.25, -0.2) is 4.39 Å². The molecule has 1 aromatic heterocycles. The van der Waals surface area contributed by atoms with Gasteiger partial charge in [0.25, 0.3) is 11.6 Å². The van der Waals surface area contributed by atoms with Gasteiger partial charge in [-0.1, -0.05) is 11.3 Å². The summed E-state index contributed by atoms with van der Waals surface area (Å²) in [5, 5.41) is 10.7. The zero-order chi connectivity index (χ0) is 20.1. The predicted octanol–water partition coefficient (Wildman–Crippen LogP) is 4.25. The number of hydrogen-bond acceptors (Lipinski definition) is 5. The summed E-state index contributed by atoms with van der Waals surface area (Å²) >= 11 is 2.93. The molecule has 2 aromatic carbocycles. The number of fused-ring (bicyclic) bond motifs is 1. The fraction of sp³-hybridized carbons (Fsp3) is 0.158. The highest BCUT2D eigenvalue weighted by molar-refractivity contribution is 7.98. The van der Waals surface area contributed by atoms with E-state index in [2.05, 4.69) is 4.99 Å². The highest BCUT2D eigenvalue weighted by Crippen LogP contribution is 2.19. The average Bonchev–Trinajstić information content (AvgIpc) is 3.00. The number of rotatable bonds is 6. The summed E-state index contributed by atoms with van der Waals surface area (Å²) in [7, 11) is 0.